The summed E-state index contributed by atoms with van der Waals surface area (Å²) in [7, 11) is 0. The Balaban J connectivity index is 1.55. The number of aryl methyl sites for hydroxylation is 2. The van der Waals surface area contributed by atoms with Crippen LogP contribution in [0.4, 0.5) is 0 Å². The summed E-state index contributed by atoms with van der Waals surface area (Å²) in [4.78, 5) is 18.7. The Kier molecular flexibility index (Phi) is 7.28. The van der Waals surface area contributed by atoms with E-state index in [9.17, 15) is 4.79 Å². The standard InChI is InChI=1S/C29H32N6O2/c1-4-9-26(28-31-32-33-35(28)19-25-12-8-15-37-25)34(17-22-10-6-5-7-11-22)18-24-16-23-14-13-20(2)21(3)27(23)30-29(24)36/h5-8,10-16,26H,4,9,17-19H2,1-3H3,(H,30,36)/t26-/m1/s1. The topological polar surface area (TPSA) is 92.8 Å². The van der Waals surface area contributed by atoms with Crippen LogP contribution in [0.25, 0.3) is 10.9 Å². The molecule has 190 valence electrons. The predicted octanol–water partition coefficient (Wildman–Crippen LogP) is 5.32. The van der Waals surface area contributed by atoms with Crippen LogP contribution in [-0.2, 0) is 19.6 Å². The molecule has 0 fully saturated rings. The summed E-state index contributed by atoms with van der Waals surface area (Å²) in [5, 5.41) is 13.8. The summed E-state index contributed by atoms with van der Waals surface area (Å²) in [6.07, 6.45) is 3.44. The van der Waals surface area contributed by atoms with Crippen molar-refractivity contribution in [2.45, 2.75) is 59.3 Å². The highest BCUT2D eigenvalue weighted by Crippen LogP contribution is 2.28. The van der Waals surface area contributed by atoms with E-state index >= 15 is 0 Å². The molecular weight excluding hydrogens is 464 g/mol. The van der Waals surface area contributed by atoms with Crippen molar-refractivity contribution >= 4 is 10.9 Å². The minimum Gasteiger partial charge on any atom is -0.467 e. The highest BCUT2D eigenvalue weighted by atomic mass is 16.3. The number of nitrogens with zero attached hydrogens (tertiary/aromatic N) is 5. The van der Waals surface area contributed by atoms with Crippen molar-refractivity contribution in [3.63, 3.8) is 0 Å². The van der Waals surface area contributed by atoms with E-state index in [1.165, 1.54) is 0 Å². The van der Waals surface area contributed by atoms with Crippen molar-refractivity contribution in [3.8, 4) is 0 Å². The molecule has 37 heavy (non-hydrogen) atoms. The largest absolute Gasteiger partial charge is 0.467 e. The zero-order valence-electron chi connectivity index (χ0n) is 21.5. The second-order valence-corrected chi connectivity index (χ2v) is 9.56. The number of furan rings is 1. The molecule has 0 aliphatic rings. The molecule has 1 atom stereocenters. The van der Waals surface area contributed by atoms with Gasteiger partial charge in [0.15, 0.2) is 5.82 Å². The Morgan fingerprint density at radius 2 is 1.89 bits per heavy atom. The molecule has 0 bridgehead atoms. The first-order chi connectivity index (χ1) is 18.0. The van der Waals surface area contributed by atoms with Gasteiger partial charge >= 0.3 is 0 Å². The van der Waals surface area contributed by atoms with Crippen LogP contribution in [-0.4, -0.2) is 30.1 Å². The number of tetrazole rings is 1. The van der Waals surface area contributed by atoms with Gasteiger partial charge in [0, 0.05) is 18.7 Å². The number of H-pyrrole nitrogens is 1. The number of nitrogens with one attached hydrogen (secondary N) is 1. The zero-order chi connectivity index (χ0) is 25.8. The summed E-state index contributed by atoms with van der Waals surface area (Å²) in [6.45, 7) is 7.83. The molecule has 2 aromatic carbocycles. The number of fused-ring (bicyclic) bond motifs is 1. The maximum atomic E-state index is 13.3. The molecule has 5 rings (SSSR count). The summed E-state index contributed by atoms with van der Waals surface area (Å²) >= 11 is 0. The maximum absolute atomic E-state index is 13.3. The Bertz CT molecular complexity index is 1520. The lowest BCUT2D eigenvalue weighted by Gasteiger charge is -2.31. The second kappa shape index (κ2) is 10.9. The fourth-order valence-electron chi connectivity index (χ4n) is 4.86. The van der Waals surface area contributed by atoms with E-state index in [1.54, 1.807) is 10.9 Å². The highest BCUT2D eigenvalue weighted by Gasteiger charge is 2.27. The first-order valence-corrected chi connectivity index (χ1v) is 12.7. The van der Waals surface area contributed by atoms with Crippen molar-refractivity contribution in [2.24, 2.45) is 0 Å². The Morgan fingerprint density at radius 3 is 2.65 bits per heavy atom. The van der Waals surface area contributed by atoms with Crippen LogP contribution >= 0.6 is 0 Å². The van der Waals surface area contributed by atoms with Gasteiger partial charge in [-0.05, 0) is 71.0 Å². The number of hydrogen-bond donors (Lipinski definition) is 1. The summed E-state index contributed by atoms with van der Waals surface area (Å²) in [5.74, 6) is 1.55. The van der Waals surface area contributed by atoms with Crippen LogP contribution in [0.2, 0.25) is 0 Å². The molecule has 0 amide bonds. The number of pyridine rings is 1. The second-order valence-electron chi connectivity index (χ2n) is 9.56. The third kappa shape index (κ3) is 5.39. The molecule has 8 nitrogen and oxygen atoms in total. The van der Waals surface area contributed by atoms with E-state index in [4.69, 9.17) is 4.42 Å². The van der Waals surface area contributed by atoms with Crippen molar-refractivity contribution in [1.29, 1.82) is 0 Å². The average molecular weight is 497 g/mol. The molecule has 0 aliphatic heterocycles. The summed E-state index contributed by atoms with van der Waals surface area (Å²) in [5.41, 5.74) is 4.98. The van der Waals surface area contributed by atoms with Gasteiger partial charge in [-0.15, -0.1) is 5.10 Å². The third-order valence-electron chi connectivity index (χ3n) is 6.98. The molecular formula is C29H32N6O2. The lowest BCUT2D eigenvalue weighted by molar-refractivity contribution is 0.155. The number of rotatable bonds is 10. The van der Waals surface area contributed by atoms with Crippen LogP contribution in [0.5, 0.6) is 0 Å². The molecule has 0 spiro atoms. The zero-order valence-corrected chi connectivity index (χ0v) is 21.5. The minimum absolute atomic E-state index is 0.0651. The third-order valence-corrected chi connectivity index (χ3v) is 6.98. The van der Waals surface area contributed by atoms with Crippen molar-refractivity contribution in [2.75, 3.05) is 0 Å². The predicted molar refractivity (Wildman–Crippen MR) is 143 cm³/mol. The molecule has 8 heteroatoms. The first-order valence-electron chi connectivity index (χ1n) is 12.7. The van der Waals surface area contributed by atoms with E-state index < -0.39 is 0 Å². The van der Waals surface area contributed by atoms with E-state index in [0.29, 0.717) is 19.6 Å². The van der Waals surface area contributed by atoms with Gasteiger partial charge in [-0.1, -0.05) is 55.8 Å². The summed E-state index contributed by atoms with van der Waals surface area (Å²) < 4.78 is 7.35. The maximum Gasteiger partial charge on any atom is 0.252 e. The average Bonchev–Trinajstić information content (AvgIpc) is 3.59. The molecule has 0 aliphatic carbocycles. The van der Waals surface area contributed by atoms with E-state index in [-0.39, 0.29) is 11.6 Å². The fourth-order valence-corrected chi connectivity index (χ4v) is 4.86. The van der Waals surface area contributed by atoms with Gasteiger partial charge in [-0.25, -0.2) is 4.68 Å². The summed E-state index contributed by atoms with van der Waals surface area (Å²) in [6, 6.07) is 20.2. The fraction of sp³-hybridized carbons (Fsp3) is 0.310. The van der Waals surface area contributed by atoms with Crippen molar-refractivity contribution in [3.05, 3.63) is 111 Å². The molecule has 0 saturated carbocycles. The molecule has 0 saturated heterocycles. The number of hydrogen-bond acceptors (Lipinski definition) is 6. The number of benzene rings is 2. The van der Waals surface area contributed by atoms with Gasteiger partial charge in [0.05, 0.1) is 17.8 Å². The van der Waals surface area contributed by atoms with Crippen LogP contribution in [0.3, 0.4) is 0 Å². The minimum atomic E-state index is -0.0926. The van der Waals surface area contributed by atoms with Gasteiger partial charge < -0.3 is 9.40 Å². The number of aromatic nitrogens is 5. The SMILES string of the molecule is CCC[C@H](c1nnnn1Cc1ccco1)N(Cc1ccccc1)Cc1cc2ccc(C)c(C)c2[nH]c1=O. The Morgan fingerprint density at radius 1 is 1.05 bits per heavy atom. The van der Waals surface area contributed by atoms with Gasteiger partial charge in [-0.2, -0.15) is 0 Å². The van der Waals surface area contributed by atoms with Crippen LogP contribution < -0.4 is 5.56 Å². The van der Waals surface area contributed by atoms with Crippen molar-refractivity contribution in [1.82, 2.24) is 30.1 Å². The van der Waals surface area contributed by atoms with Gasteiger partial charge in [-0.3, -0.25) is 9.69 Å². The lowest BCUT2D eigenvalue weighted by atomic mass is 10.0. The molecule has 3 aromatic heterocycles. The number of aromatic amines is 1. The monoisotopic (exact) mass is 496 g/mol. The van der Waals surface area contributed by atoms with Crippen LogP contribution in [0.1, 0.15) is 59.6 Å². The smallest absolute Gasteiger partial charge is 0.252 e. The van der Waals surface area contributed by atoms with Gasteiger partial charge in [0.25, 0.3) is 5.56 Å². The molecule has 0 radical (unpaired) electrons. The van der Waals surface area contributed by atoms with Crippen LogP contribution in [0, 0.1) is 13.8 Å². The highest BCUT2D eigenvalue weighted by molar-refractivity contribution is 5.83. The molecule has 0 unspecified atom stereocenters. The Hall–Kier alpha value is -4.04. The quantitative estimate of drug-likeness (QED) is 0.281. The van der Waals surface area contributed by atoms with Gasteiger partial charge in [0.1, 0.15) is 12.3 Å². The van der Waals surface area contributed by atoms with E-state index in [2.05, 4.69) is 63.5 Å². The molecule has 5 aromatic rings. The first kappa shape index (κ1) is 24.6. The molecule has 3 heterocycles. The van der Waals surface area contributed by atoms with E-state index in [0.717, 1.165) is 57.6 Å². The molecule has 1 N–H and O–H groups in total. The van der Waals surface area contributed by atoms with Gasteiger partial charge in [0.2, 0.25) is 0 Å². The van der Waals surface area contributed by atoms with Crippen LogP contribution in [0.15, 0.2) is 76.1 Å². The lowest BCUT2D eigenvalue weighted by Crippen LogP contribution is -2.32. The van der Waals surface area contributed by atoms with Crippen molar-refractivity contribution < 1.29 is 4.42 Å². The van der Waals surface area contributed by atoms with E-state index in [1.807, 2.05) is 43.3 Å². The normalized spacial score (nSPS) is 12.4. The Labute approximate surface area is 215 Å².